The zero-order valence-corrected chi connectivity index (χ0v) is 14.0. The number of aromatic nitrogens is 1. The lowest BCUT2D eigenvalue weighted by Crippen LogP contribution is -2.33. The van der Waals surface area contributed by atoms with Crippen molar-refractivity contribution in [3.63, 3.8) is 0 Å². The fraction of sp³-hybridized carbons (Fsp3) is 0.438. The van der Waals surface area contributed by atoms with E-state index >= 15 is 0 Å². The Balaban J connectivity index is 2.61. The average molecular weight is 308 g/mol. The third-order valence-corrected chi connectivity index (χ3v) is 5.58. The molecule has 0 saturated carbocycles. The summed E-state index contributed by atoms with van der Waals surface area (Å²) in [6, 6.07) is 7.84. The van der Waals surface area contributed by atoms with Gasteiger partial charge in [0.05, 0.1) is 23.9 Å². The van der Waals surface area contributed by atoms with E-state index in [1.807, 2.05) is 32.0 Å². The third kappa shape index (κ3) is 3.18. The van der Waals surface area contributed by atoms with Gasteiger partial charge < -0.3 is 9.05 Å². The molecule has 114 valence electrons. The van der Waals surface area contributed by atoms with Crippen LogP contribution in [-0.4, -0.2) is 13.2 Å². The number of rotatable bonds is 6. The summed E-state index contributed by atoms with van der Waals surface area (Å²) < 4.78 is 25.9. The molecule has 0 aliphatic heterocycles. The first-order valence-electron chi connectivity index (χ1n) is 7.38. The average Bonchev–Trinajstić information content (AvgIpc) is 2.48. The molecule has 21 heavy (non-hydrogen) atoms. The Labute approximate surface area is 126 Å². The summed E-state index contributed by atoms with van der Waals surface area (Å²) in [6.45, 7) is 9.42. The van der Waals surface area contributed by atoms with Crippen LogP contribution in [0.2, 0.25) is 0 Å². The highest BCUT2D eigenvalue weighted by molar-refractivity contribution is 7.62. The smallest absolute Gasteiger partial charge is 0.305 e. The molecule has 0 unspecified atom stereocenters. The number of hydrogen-bond donors (Lipinski definition) is 0. The minimum Gasteiger partial charge on any atom is -0.305 e. The van der Waals surface area contributed by atoms with Crippen LogP contribution in [0, 0.1) is 6.92 Å². The van der Waals surface area contributed by atoms with Crippen molar-refractivity contribution in [3.8, 4) is 0 Å². The van der Waals surface area contributed by atoms with E-state index < -0.39 is 7.60 Å². The first kappa shape index (κ1) is 16.2. The summed E-state index contributed by atoms with van der Waals surface area (Å²) >= 11 is 0. The number of nitrogens with zero attached hydrogens (tertiary/aromatic N) is 1. The van der Waals surface area contributed by atoms with Gasteiger partial charge in [-0.2, -0.15) is 4.57 Å². The largest absolute Gasteiger partial charge is 0.361 e. The topological polar surface area (TPSA) is 39.4 Å². The molecule has 1 heterocycles. The lowest BCUT2D eigenvalue weighted by Gasteiger charge is -2.17. The second kappa shape index (κ2) is 6.69. The molecule has 1 aromatic carbocycles. The molecule has 0 spiro atoms. The SMILES string of the molecule is CCOP(=O)(OCC)c1ccc2c(c1)c(C)cc[n+]2CC. The summed E-state index contributed by atoms with van der Waals surface area (Å²) in [5.41, 5.74) is 2.27. The Hall–Kier alpha value is -1.22. The highest BCUT2D eigenvalue weighted by atomic mass is 31.2. The summed E-state index contributed by atoms with van der Waals surface area (Å²) in [4.78, 5) is 0. The highest BCUT2D eigenvalue weighted by Gasteiger charge is 2.27. The van der Waals surface area contributed by atoms with E-state index in [9.17, 15) is 4.57 Å². The molecular weight excluding hydrogens is 285 g/mol. The molecule has 5 heteroatoms. The number of hydrogen-bond acceptors (Lipinski definition) is 3. The minimum absolute atomic E-state index is 0.359. The summed E-state index contributed by atoms with van der Waals surface area (Å²) in [6.07, 6.45) is 2.07. The summed E-state index contributed by atoms with van der Waals surface area (Å²) in [7, 11) is -3.23. The second-order valence-electron chi connectivity index (χ2n) is 4.82. The van der Waals surface area contributed by atoms with Crippen molar-refractivity contribution >= 4 is 23.8 Å². The zero-order valence-electron chi connectivity index (χ0n) is 13.1. The van der Waals surface area contributed by atoms with Crippen LogP contribution in [0.3, 0.4) is 0 Å². The van der Waals surface area contributed by atoms with Crippen LogP contribution in [0.5, 0.6) is 0 Å². The normalized spacial score (nSPS) is 12.0. The fourth-order valence-electron chi connectivity index (χ4n) is 2.43. The first-order valence-corrected chi connectivity index (χ1v) is 8.92. The van der Waals surface area contributed by atoms with Crippen molar-refractivity contribution in [2.24, 2.45) is 0 Å². The zero-order chi connectivity index (χ0) is 15.5. The second-order valence-corrected chi connectivity index (χ2v) is 6.85. The van der Waals surface area contributed by atoms with Gasteiger partial charge in [0.2, 0.25) is 5.52 Å². The van der Waals surface area contributed by atoms with Gasteiger partial charge in [0.1, 0.15) is 6.54 Å². The molecule has 0 amide bonds. The van der Waals surface area contributed by atoms with Gasteiger partial charge in [-0.3, -0.25) is 4.57 Å². The van der Waals surface area contributed by atoms with Crippen LogP contribution < -0.4 is 9.87 Å². The van der Waals surface area contributed by atoms with Gasteiger partial charge in [0.15, 0.2) is 6.20 Å². The van der Waals surface area contributed by atoms with E-state index in [0.29, 0.717) is 18.5 Å². The Kier molecular flexibility index (Phi) is 5.15. The van der Waals surface area contributed by atoms with Gasteiger partial charge in [0, 0.05) is 12.1 Å². The number of pyridine rings is 1. The van der Waals surface area contributed by atoms with Crippen LogP contribution >= 0.6 is 7.60 Å². The van der Waals surface area contributed by atoms with E-state index in [2.05, 4.69) is 30.7 Å². The van der Waals surface area contributed by atoms with Gasteiger partial charge in [-0.1, -0.05) is 0 Å². The maximum Gasteiger partial charge on any atom is 0.361 e. The predicted molar refractivity (Wildman–Crippen MR) is 85.0 cm³/mol. The molecule has 0 aliphatic carbocycles. The molecule has 0 N–H and O–H groups in total. The highest BCUT2D eigenvalue weighted by Crippen LogP contribution is 2.47. The quantitative estimate of drug-likeness (QED) is 0.607. The van der Waals surface area contributed by atoms with Gasteiger partial charge in [-0.15, -0.1) is 0 Å². The van der Waals surface area contributed by atoms with E-state index in [4.69, 9.17) is 9.05 Å². The molecule has 0 bridgehead atoms. The van der Waals surface area contributed by atoms with Gasteiger partial charge in [0.25, 0.3) is 0 Å². The molecule has 0 fully saturated rings. The molecule has 1 aromatic heterocycles. The summed E-state index contributed by atoms with van der Waals surface area (Å²) in [5, 5.41) is 1.70. The Morgan fingerprint density at radius 2 is 1.76 bits per heavy atom. The van der Waals surface area contributed by atoms with Crippen molar-refractivity contribution in [3.05, 3.63) is 36.0 Å². The molecule has 4 nitrogen and oxygen atoms in total. The fourth-order valence-corrected chi connectivity index (χ4v) is 4.03. The first-order chi connectivity index (χ1) is 10.1. The van der Waals surface area contributed by atoms with Crippen molar-refractivity contribution < 1.29 is 18.2 Å². The molecule has 0 atom stereocenters. The lowest BCUT2D eigenvalue weighted by molar-refractivity contribution is -0.667. The van der Waals surface area contributed by atoms with Crippen LogP contribution in [0.15, 0.2) is 30.5 Å². The Morgan fingerprint density at radius 1 is 1.10 bits per heavy atom. The maximum absolute atomic E-state index is 12.9. The monoisotopic (exact) mass is 308 g/mol. The van der Waals surface area contributed by atoms with Gasteiger partial charge >= 0.3 is 7.60 Å². The molecule has 0 radical (unpaired) electrons. The predicted octanol–water partition coefficient (Wildman–Crippen LogP) is 3.35. The van der Waals surface area contributed by atoms with Crippen molar-refractivity contribution in [2.75, 3.05) is 13.2 Å². The van der Waals surface area contributed by atoms with Crippen LogP contribution in [0.1, 0.15) is 26.3 Å². The molecule has 2 rings (SSSR count). The Bertz CT molecular complexity index is 675. The number of aryl methyl sites for hydroxylation is 2. The van der Waals surface area contributed by atoms with Crippen LogP contribution in [0.4, 0.5) is 0 Å². The summed E-state index contributed by atoms with van der Waals surface area (Å²) in [5.74, 6) is 0. The number of benzene rings is 1. The molecular formula is C16H23NO3P+. The third-order valence-electron chi connectivity index (χ3n) is 3.47. The van der Waals surface area contributed by atoms with Crippen LogP contribution in [0.25, 0.3) is 10.9 Å². The number of fused-ring (bicyclic) bond motifs is 1. The maximum atomic E-state index is 12.9. The Morgan fingerprint density at radius 3 is 2.33 bits per heavy atom. The standard InChI is InChI=1S/C16H23NO3P/c1-5-17-11-10-13(4)15-12-14(8-9-16(15)17)21(18,19-6-2)20-7-3/h8-12H,5-7H2,1-4H3/q+1. The molecule has 0 aliphatic rings. The van der Waals surface area contributed by atoms with Gasteiger partial charge in [-0.25, -0.2) is 0 Å². The van der Waals surface area contributed by atoms with E-state index in [1.165, 1.54) is 0 Å². The van der Waals surface area contributed by atoms with E-state index in [-0.39, 0.29) is 0 Å². The molecule has 0 saturated heterocycles. The van der Waals surface area contributed by atoms with E-state index in [0.717, 1.165) is 23.0 Å². The molecule has 2 aromatic rings. The van der Waals surface area contributed by atoms with Crippen molar-refractivity contribution in [1.82, 2.24) is 0 Å². The minimum atomic E-state index is -3.23. The lowest BCUT2D eigenvalue weighted by atomic mass is 10.1. The van der Waals surface area contributed by atoms with Crippen LogP contribution in [-0.2, 0) is 20.2 Å². The van der Waals surface area contributed by atoms with Crippen molar-refractivity contribution in [2.45, 2.75) is 34.2 Å². The van der Waals surface area contributed by atoms with E-state index in [1.54, 1.807) is 0 Å². The van der Waals surface area contributed by atoms with Gasteiger partial charge in [-0.05, 0) is 45.4 Å². The van der Waals surface area contributed by atoms with Crippen molar-refractivity contribution in [1.29, 1.82) is 0 Å².